The highest BCUT2D eigenvalue weighted by atomic mass is 35.5. The number of benzene rings is 1. The van der Waals surface area contributed by atoms with Gasteiger partial charge >= 0.3 is 0 Å². The zero-order valence-electron chi connectivity index (χ0n) is 8.57. The van der Waals surface area contributed by atoms with E-state index in [0.717, 1.165) is 18.2 Å². The van der Waals surface area contributed by atoms with E-state index in [9.17, 15) is 0 Å². The van der Waals surface area contributed by atoms with Crippen LogP contribution >= 0.6 is 11.6 Å². The Morgan fingerprint density at radius 1 is 1.50 bits per heavy atom. The minimum absolute atomic E-state index is 0.163. The first-order valence-corrected chi connectivity index (χ1v) is 5.51. The monoisotopic (exact) mass is 238 g/mol. The highest BCUT2D eigenvalue weighted by Crippen LogP contribution is 2.34. The predicted molar refractivity (Wildman–Crippen MR) is 60.7 cm³/mol. The number of halogens is 1. The van der Waals surface area contributed by atoms with Crippen molar-refractivity contribution in [3.8, 4) is 5.88 Å². The van der Waals surface area contributed by atoms with E-state index in [0.29, 0.717) is 23.1 Å². The first kappa shape index (κ1) is 9.93. The van der Waals surface area contributed by atoms with Crippen molar-refractivity contribution in [2.45, 2.75) is 18.4 Å². The fraction of sp³-hybridized carbons (Fsp3) is 0.364. The molecule has 2 aromatic rings. The van der Waals surface area contributed by atoms with Crippen molar-refractivity contribution in [2.24, 2.45) is 5.73 Å². The molecule has 84 valence electrons. The Balaban J connectivity index is 1.88. The third-order valence-corrected chi connectivity index (χ3v) is 3.02. The molecule has 1 fully saturated rings. The van der Waals surface area contributed by atoms with Crippen LogP contribution in [0.15, 0.2) is 22.7 Å². The van der Waals surface area contributed by atoms with Gasteiger partial charge in [-0.15, -0.1) is 0 Å². The minimum Gasteiger partial charge on any atom is -0.473 e. The second kappa shape index (κ2) is 3.37. The molecule has 0 bridgehead atoms. The van der Waals surface area contributed by atoms with E-state index >= 15 is 0 Å². The van der Waals surface area contributed by atoms with Gasteiger partial charge in [-0.2, -0.15) is 0 Å². The maximum atomic E-state index is 5.93. The summed E-state index contributed by atoms with van der Waals surface area (Å²) in [5, 5.41) is 5.28. The molecule has 0 spiro atoms. The highest BCUT2D eigenvalue weighted by molar-refractivity contribution is 6.31. The van der Waals surface area contributed by atoms with Crippen LogP contribution in [0.4, 0.5) is 0 Å². The number of aromatic nitrogens is 1. The zero-order chi connectivity index (χ0) is 11.2. The van der Waals surface area contributed by atoms with Crippen LogP contribution in [-0.4, -0.2) is 17.3 Å². The van der Waals surface area contributed by atoms with Gasteiger partial charge < -0.3 is 15.0 Å². The van der Waals surface area contributed by atoms with Crippen LogP contribution in [0.25, 0.3) is 11.0 Å². The van der Waals surface area contributed by atoms with Crippen LogP contribution in [0.2, 0.25) is 5.02 Å². The molecular weight excluding hydrogens is 228 g/mol. The smallest absolute Gasteiger partial charge is 0.262 e. The van der Waals surface area contributed by atoms with E-state index in [2.05, 4.69) is 5.16 Å². The second-order valence-electron chi connectivity index (χ2n) is 4.28. The van der Waals surface area contributed by atoms with Crippen LogP contribution in [0.3, 0.4) is 0 Å². The lowest BCUT2D eigenvalue weighted by molar-refractivity contribution is 0.255. The number of fused-ring (bicyclic) bond motifs is 1. The van der Waals surface area contributed by atoms with Crippen LogP contribution in [0, 0.1) is 0 Å². The molecule has 1 aromatic heterocycles. The molecule has 0 saturated heterocycles. The molecule has 16 heavy (non-hydrogen) atoms. The third-order valence-electron chi connectivity index (χ3n) is 2.79. The molecule has 0 atom stereocenters. The van der Waals surface area contributed by atoms with Crippen molar-refractivity contribution < 1.29 is 9.26 Å². The normalized spacial score (nSPS) is 17.6. The van der Waals surface area contributed by atoms with E-state index < -0.39 is 0 Å². The molecule has 0 amide bonds. The molecule has 1 aromatic carbocycles. The number of rotatable bonds is 3. The van der Waals surface area contributed by atoms with Gasteiger partial charge in [0.15, 0.2) is 5.58 Å². The average Bonchev–Trinajstić information content (AvgIpc) is 2.87. The van der Waals surface area contributed by atoms with Gasteiger partial charge in [-0.1, -0.05) is 11.6 Å². The summed E-state index contributed by atoms with van der Waals surface area (Å²) >= 11 is 5.90. The van der Waals surface area contributed by atoms with Gasteiger partial charge in [0, 0.05) is 5.02 Å². The summed E-state index contributed by atoms with van der Waals surface area (Å²) in [5.74, 6) is 0.467. The molecule has 5 heteroatoms. The van der Waals surface area contributed by atoms with Crippen molar-refractivity contribution in [3.63, 3.8) is 0 Å². The first-order valence-electron chi connectivity index (χ1n) is 5.13. The van der Waals surface area contributed by atoms with Gasteiger partial charge in [0.2, 0.25) is 0 Å². The fourth-order valence-electron chi connectivity index (χ4n) is 1.51. The maximum Gasteiger partial charge on any atom is 0.262 e. The molecule has 0 radical (unpaired) electrons. The summed E-state index contributed by atoms with van der Waals surface area (Å²) in [6, 6.07) is 5.30. The lowest BCUT2D eigenvalue weighted by Crippen LogP contribution is -2.29. The standard InChI is InChI=1S/C11H11ClN2O2/c12-7-1-2-9-8(5-7)10(14-16-9)15-6-11(13)3-4-11/h1-2,5H,3-4,6,13H2. The largest absolute Gasteiger partial charge is 0.473 e. The van der Waals surface area contributed by atoms with E-state index in [4.69, 9.17) is 26.6 Å². The summed E-state index contributed by atoms with van der Waals surface area (Å²) in [5.41, 5.74) is 6.43. The molecule has 0 aliphatic heterocycles. The number of nitrogens with two attached hydrogens (primary N) is 1. The van der Waals surface area contributed by atoms with Gasteiger partial charge in [0.1, 0.15) is 6.61 Å². The Morgan fingerprint density at radius 2 is 2.31 bits per heavy atom. The Bertz CT molecular complexity index is 534. The van der Waals surface area contributed by atoms with E-state index in [1.807, 2.05) is 0 Å². The lowest BCUT2D eigenvalue weighted by atomic mass is 10.2. The van der Waals surface area contributed by atoms with Gasteiger partial charge in [-0.3, -0.25) is 0 Å². The van der Waals surface area contributed by atoms with Crippen LogP contribution < -0.4 is 10.5 Å². The van der Waals surface area contributed by atoms with Gasteiger partial charge in [0.05, 0.1) is 10.9 Å². The van der Waals surface area contributed by atoms with E-state index in [-0.39, 0.29) is 5.54 Å². The quantitative estimate of drug-likeness (QED) is 0.892. The number of nitrogens with zero attached hydrogens (tertiary/aromatic N) is 1. The van der Waals surface area contributed by atoms with Crippen molar-refractivity contribution in [3.05, 3.63) is 23.2 Å². The summed E-state index contributed by atoms with van der Waals surface area (Å²) in [6.45, 7) is 0.473. The fourth-order valence-corrected chi connectivity index (χ4v) is 1.68. The van der Waals surface area contributed by atoms with Gasteiger partial charge in [-0.25, -0.2) is 0 Å². The molecule has 1 aliphatic carbocycles. The molecule has 3 rings (SSSR count). The summed E-state index contributed by atoms with van der Waals surface area (Å²) < 4.78 is 10.7. The molecule has 4 nitrogen and oxygen atoms in total. The van der Waals surface area contributed by atoms with Crippen molar-refractivity contribution in [1.29, 1.82) is 0 Å². The Kier molecular flexibility index (Phi) is 2.09. The van der Waals surface area contributed by atoms with Crippen molar-refractivity contribution in [1.82, 2.24) is 5.16 Å². The molecular formula is C11H11ClN2O2. The summed E-state index contributed by atoms with van der Waals surface area (Å²) in [6.07, 6.45) is 2.01. The lowest BCUT2D eigenvalue weighted by Gasteiger charge is -2.07. The average molecular weight is 239 g/mol. The molecule has 1 aliphatic rings. The highest BCUT2D eigenvalue weighted by Gasteiger charge is 2.39. The van der Waals surface area contributed by atoms with E-state index in [1.54, 1.807) is 18.2 Å². The predicted octanol–water partition coefficient (Wildman–Crippen LogP) is 2.35. The second-order valence-corrected chi connectivity index (χ2v) is 4.72. The Morgan fingerprint density at radius 3 is 3.06 bits per heavy atom. The van der Waals surface area contributed by atoms with Gasteiger partial charge in [-0.05, 0) is 36.2 Å². The number of hydrogen-bond acceptors (Lipinski definition) is 4. The van der Waals surface area contributed by atoms with Crippen LogP contribution in [-0.2, 0) is 0 Å². The zero-order valence-corrected chi connectivity index (χ0v) is 9.33. The van der Waals surface area contributed by atoms with Crippen molar-refractivity contribution in [2.75, 3.05) is 6.61 Å². The molecule has 0 unspecified atom stereocenters. The minimum atomic E-state index is -0.163. The number of ether oxygens (including phenoxy) is 1. The topological polar surface area (TPSA) is 61.3 Å². The van der Waals surface area contributed by atoms with Crippen LogP contribution in [0.1, 0.15) is 12.8 Å². The Hall–Kier alpha value is -1.26. The summed E-state index contributed by atoms with van der Waals surface area (Å²) in [7, 11) is 0. The molecule has 1 heterocycles. The SMILES string of the molecule is NC1(COc2noc3ccc(Cl)cc23)CC1. The van der Waals surface area contributed by atoms with Crippen molar-refractivity contribution >= 4 is 22.6 Å². The third kappa shape index (κ3) is 1.74. The Labute approximate surface area is 97.3 Å². The number of hydrogen-bond donors (Lipinski definition) is 1. The summed E-state index contributed by atoms with van der Waals surface area (Å²) in [4.78, 5) is 0. The first-order chi connectivity index (χ1) is 7.66. The van der Waals surface area contributed by atoms with Crippen LogP contribution in [0.5, 0.6) is 5.88 Å². The van der Waals surface area contributed by atoms with E-state index in [1.165, 1.54) is 0 Å². The van der Waals surface area contributed by atoms with Gasteiger partial charge in [0.25, 0.3) is 5.88 Å². The molecule has 1 saturated carbocycles. The molecule has 2 N–H and O–H groups in total. The maximum absolute atomic E-state index is 5.93.